The van der Waals surface area contributed by atoms with Gasteiger partial charge in [-0.05, 0) is 36.1 Å². The summed E-state index contributed by atoms with van der Waals surface area (Å²) in [6.45, 7) is 3.41. The maximum Gasteiger partial charge on any atom is 0.326 e. The molecule has 0 saturated heterocycles. The minimum atomic E-state index is -1.10. The molecule has 0 aliphatic rings. The van der Waals surface area contributed by atoms with Gasteiger partial charge in [-0.25, -0.2) is 4.79 Å². The van der Waals surface area contributed by atoms with Crippen molar-refractivity contribution in [2.75, 3.05) is 13.7 Å². The number of carbonyl (C=O) groups is 3. The van der Waals surface area contributed by atoms with Crippen LogP contribution in [0.15, 0.2) is 42.7 Å². The average Bonchev–Trinajstić information content (AvgIpc) is 2.71. The van der Waals surface area contributed by atoms with Gasteiger partial charge >= 0.3 is 5.97 Å². The van der Waals surface area contributed by atoms with Crippen LogP contribution >= 0.6 is 0 Å². The number of carbonyl (C=O) groups excluding carboxylic acids is 2. The highest BCUT2D eigenvalue weighted by Crippen LogP contribution is 2.22. The average molecular weight is 399 g/mol. The van der Waals surface area contributed by atoms with Crippen LogP contribution in [0.1, 0.15) is 30.6 Å². The molecule has 0 aliphatic carbocycles. The zero-order valence-corrected chi connectivity index (χ0v) is 16.6. The topological polar surface area (TPSA) is 118 Å². The fourth-order valence-electron chi connectivity index (χ4n) is 2.71. The summed E-state index contributed by atoms with van der Waals surface area (Å²) >= 11 is 0. The van der Waals surface area contributed by atoms with Crippen LogP contribution in [0, 0.1) is 5.92 Å². The first-order valence-electron chi connectivity index (χ1n) is 9.20. The van der Waals surface area contributed by atoms with E-state index in [9.17, 15) is 19.5 Å². The van der Waals surface area contributed by atoms with Gasteiger partial charge < -0.3 is 20.5 Å². The molecule has 2 aromatic rings. The quantitative estimate of drug-likeness (QED) is 0.594. The first-order chi connectivity index (χ1) is 13.8. The predicted octanol–water partition coefficient (Wildman–Crippen LogP) is 2.10. The van der Waals surface area contributed by atoms with Crippen LogP contribution in [0.5, 0.6) is 5.75 Å². The third-order valence-corrected chi connectivity index (χ3v) is 4.17. The summed E-state index contributed by atoms with van der Waals surface area (Å²) in [5, 5.41) is 14.1. The van der Waals surface area contributed by atoms with Crippen LogP contribution in [0.2, 0.25) is 0 Å². The monoisotopic (exact) mass is 399 g/mol. The molecular weight excluding hydrogens is 374 g/mol. The highest BCUT2D eigenvalue weighted by molar-refractivity contribution is 5.97. The first kappa shape index (κ1) is 21.9. The van der Waals surface area contributed by atoms with Gasteiger partial charge in [0.25, 0.3) is 5.91 Å². The maximum atomic E-state index is 12.4. The summed E-state index contributed by atoms with van der Waals surface area (Å²) in [5.74, 6) is -1.31. The molecule has 0 bridgehead atoms. The molecule has 0 aliphatic heterocycles. The summed E-state index contributed by atoms with van der Waals surface area (Å²) in [6, 6.07) is 8.00. The van der Waals surface area contributed by atoms with Crippen molar-refractivity contribution in [1.29, 1.82) is 0 Å². The summed E-state index contributed by atoms with van der Waals surface area (Å²) < 4.78 is 5.13. The Labute approximate surface area is 169 Å². The highest BCUT2D eigenvalue weighted by Gasteiger charge is 2.21. The lowest BCUT2D eigenvalue weighted by Crippen LogP contribution is -2.46. The van der Waals surface area contributed by atoms with E-state index in [-0.39, 0.29) is 12.5 Å². The Kier molecular flexibility index (Phi) is 7.70. The molecule has 29 heavy (non-hydrogen) atoms. The van der Waals surface area contributed by atoms with E-state index in [4.69, 9.17) is 4.74 Å². The number of carboxylic acids is 1. The zero-order chi connectivity index (χ0) is 21.4. The Balaban J connectivity index is 1.98. The van der Waals surface area contributed by atoms with Crippen LogP contribution in [0.25, 0.3) is 11.1 Å². The number of rotatable bonds is 9. The van der Waals surface area contributed by atoms with E-state index in [2.05, 4.69) is 15.6 Å². The molecule has 2 rings (SSSR count). The SMILES string of the molecule is COc1ccc(-c2cncc(C(=O)NCC(=O)N[C@@H](CC(C)C)C(=O)O)c2)cc1. The second kappa shape index (κ2) is 10.2. The Morgan fingerprint density at radius 1 is 1.10 bits per heavy atom. The van der Waals surface area contributed by atoms with Gasteiger partial charge in [0.15, 0.2) is 0 Å². The van der Waals surface area contributed by atoms with Crippen molar-refractivity contribution in [3.8, 4) is 16.9 Å². The Morgan fingerprint density at radius 2 is 1.79 bits per heavy atom. The van der Waals surface area contributed by atoms with Crippen molar-refractivity contribution in [3.63, 3.8) is 0 Å². The van der Waals surface area contributed by atoms with Gasteiger partial charge in [0.1, 0.15) is 11.8 Å². The molecule has 1 aromatic heterocycles. The van der Waals surface area contributed by atoms with Gasteiger partial charge in [0.2, 0.25) is 5.91 Å². The molecule has 0 unspecified atom stereocenters. The highest BCUT2D eigenvalue weighted by atomic mass is 16.5. The number of nitrogens with one attached hydrogen (secondary N) is 2. The van der Waals surface area contributed by atoms with E-state index in [0.717, 1.165) is 16.9 Å². The summed E-state index contributed by atoms with van der Waals surface area (Å²) in [6.07, 6.45) is 3.34. The van der Waals surface area contributed by atoms with Gasteiger partial charge in [0.05, 0.1) is 19.2 Å². The summed E-state index contributed by atoms with van der Waals surface area (Å²) in [7, 11) is 1.58. The van der Waals surface area contributed by atoms with E-state index in [1.807, 2.05) is 38.1 Å². The smallest absolute Gasteiger partial charge is 0.326 e. The molecule has 0 radical (unpaired) electrons. The van der Waals surface area contributed by atoms with Crippen LogP contribution < -0.4 is 15.4 Å². The van der Waals surface area contributed by atoms with E-state index < -0.39 is 23.8 Å². The lowest BCUT2D eigenvalue weighted by Gasteiger charge is -2.16. The standard InChI is InChI=1S/C21H25N3O5/c1-13(2)8-18(21(27)28)24-19(25)12-23-20(26)16-9-15(10-22-11-16)14-4-6-17(29-3)7-5-14/h4-7,9-11,13,18H,8,12H2,1-3H3,(H,23,26)(H,24,25)(H,27,28)/t18-/m0/s1. The number of pyridine rings is 1. The van der Waals surface area contributed by atoms with Gasteiger partial charge in [-0.15, -0.1) is 0 Å². The molecule has 1 aromatic carbocycles. The molecule has 1 heterocycles. The molecule has 1 atom stereocenters. The number of benzene rings is 1. The summed E-state index contributed by atoms with van der Waals surface area (Å²) in [4.78, 5) is 39.7. The van der Waals surface area contributed by atoms with E-state index in [1.165, 1.54) is 6.20 Å². The fourth-order valence-corrected chi connectivity index (χ4v) is 2.71. The minimum absolute atomic E-state index is 0.109. The number of aromatic nitrogens is 1. The first-order valence-corrected chi connectivity index (χ1v) is 9.20. The number of methoxy groups -OCH3 is 1. The molecular formula is C21H25N3O5. The lowest BCUT2D eigenvalue weighted by molar-refractivity contribution is -0.142. The van der Waals surface area contributed by atoms with E-state index >= 15 is 0 Å². The molecule has 154 valence electrons. The second-order valence-corrected chi connectivity index (χ2v) is 6.96. The molecule has 0 fully saturated rings. The van der Waals surface area contributed by atoms with Crippen molar-refractivity contribution in [2.45, 2.75) is 26.3 Å². The van der Waals surface area contributed by atoms with E-state index in [0.29, 0.717) is 12.0 Å². The second-order valence-electron chi connectivity index (χ2n) is 6.96. The van der Waals surface area contributed by atoms with Crippen molar-refractivity contribution in [3.05, 3.63) is 48.3 Å². The third kappa shape index (κ3) is 6.60. The molecule has 3 N–H and O–H groups in total. The van der Waals surface area contributed by atoms with Crippen LogP contribution in [0.4, 0.5) is 0 Å². The van der Waals surface area contributed by atoms with Gasteiger partial charge in [-0.1, -0.05) is 26.0 Å². The van der Waals surface area contributed by atoms with E-state index in [1.54, 1.807) is 19.4 Å². The Bertz CT molecular complexity index is 865. The summed E-state index contributed by atoms with van der Waals surface area (Å²) in [5.41, 5.74) is 1.90. The number of hydrogen-bond donors (Lipinski definition) is 3. The molecule has 0 saturated carbocycles. The number of hydrogen-bond acceptors (Lipinski definition) is 5. The van der Waals surface area contributed by atoms with Crippen molar-refractivity contribution in [2.24, 2.45) is 5.92 Å². The number of aliphatic carboxylic acids is 1. The number of nitrogens with zero attached hydrogens (tertiary/aromatic N) is 1. The molecule has 0 spiro atoms. The number of ether oxygens (including phenoxy) is 1. The number of amides is 2. The van der Waals surface area contributed by atoms with Gasteiger partial charge in [0, 0.05) is 18.0 Å². The van der Waals surface area contributed by atoms with Crippen LogP contribution in [-0.4, -0.2) is 47.6 Å². The van der Waals surface area contributed by atoms with Crippen molar-refractivity contribution in [1.82, 2.24) is 15.6 Å². The third-order valence-electron chi connectivity index (χ3n) is 4.17. The Hall–Kier alpha value is -3.42. The normalized spacial score (nSPS) is 11.6. The molecule has 8 heteroatoms. The zero-order valence-electron chi connectivity index (χ0n) is 16.6. The van der Waals surface area contributed by atoms with Gasteiger partial charge in [-0.2, -0.15) is 0 Å². The maximum absolute atomic E-state index is 12.4. The largest absolute Gasteiger partial charge is 0.497 e. The van der Waals surface area contributed by atoms with Crippen LogP contribution in [0.3, 0.4) is 0 Å². The van der Waals surface area contributed by atoms with Gasteiger partial charge in [-0.3, -0.25) is 14.6 Å². The van der Waals surface area contributed by atoms with Crippen molar-refractivity contribution >= 4 is 17.8 Å². The molecule has 8 nitrogen and oxygen atoms in total. The molecule has 2 amide bonds. The number of carboxylic acid groups (broad SMARTS) is 1. The predicted molar refractivity (Wildman–Crippen MR) is 108 cm³/mol. The fraction of sp³-hybridized carbons (Fsp3) is 0.333. The van der Waals surface area contributed by atoms with Crippen molar-refractivity contribution < 1.29 is 24.2 Å². The Morgan fingerprint density at radius 3 is 2.38 bits per heavy atom. The minimum Gasteiger partial charge on any atom is -0.497 e. The lowest BCUT2D eigenvalue weighted by atomic mass is 10.0. The van der Waals surface area contributed by atoms with Crippen LogP contribution in [-0.2, 0) is 9.59 Å².